The summed E-state index contributed by atoms with van der Waals surface area (Å²) < 4.78 is 1.54. The molecule has 0 atom stereocenters. The molecule has 0 N–H and O–H groups in total. The fourth-order valence-electron chi connectivity index (χ4n) is 2.62. The van der Waals surface area contributed by atoms with Crippen LogP contribution >= 0.6 is 23.1 Å². The number of fused-ring (bicyclic) bond motifs is 1. The zero-order valence-corrected chi connectivity index (χ0v) is 14.0. The van der Waals surface area contributed by atoms with Gasteiger partial charge in [-0.3, -0.25) is 14.0 Å². The lowest BCUT2D eigenvalue weighted by molar-refractivity contribution is -0.128. The van der Waals surface area contributed by atoms with Crippen LogP contribution in [0.5, 0.6) is 0 Å². The molecule has 1 amide bonds. The van der Waals surface area contributed by atoms with Crippen LogP contribution in [-0.2, 0) is 10.5 Å². The molecule has 1 aliphatic rings. The van der Waals surface area contributed by atoms with E-state index in [1.807, 2.05) is 10.3 Å². The molecule has 2 aromatic heterocycles. The van der Waals surface area contributed by atoms with Gasteiger partial charge in [-0.2, -0.15) is 0 Å². The van der Waals surface area contributed by atoms with E-state index in [2.05, 4.69) is 4.98 Å². The summed E-state index contributed by atoms with van der Waals surface area (Å²) in [7, 11) is 0. The summed E-state index contributed by atoms with van der Waals surface area (Å²) in [5, 5.41) is 1.85. The van der Waals surface area contributed by atoms with E-state index in [1.165, 1.54) is 35.9 Å². The number of thioether (sulfide) groups is 1. The van der Waals surface area contributed by atoms with Crippen molar-refractivity contribution in [2.75, 3.05) is 18.8 Å². The summed E-state index contributed by atoms with van der Waals surface area (Å²) in [6.45, 7) is 1.78. The van der Waals surface area contributed by atoms with Crippen LogP contribution in [0.2, 0.25) is 0 Å². The van der Waals surface area contributed by atoms with Crippen LogP contribution in [0.3, 0.4) is 0 Å². The first-order valence-corrected chi connectivity index (χ1v) is 9.59. The Bertz CT molecular complexity index is 702. The predicted molar refractivity (Wildman–Crippen MR) is 90.5 cm³/mol. The van der Waals surface area contributed by atoms with E-state index in [4.69, 9.17) is 0 Å². The number of nitrogens with zero attached hydrogens (tertiary/aromatic N) is 3. The maximum Gasteiger partial charge on any atom is 0.258 e. The third-order valence-corrected chi connectivity index (χ3v) is 5.50. The van der Waals surface area contributed by atoms with Crippen molar-refractivity contribution in [2.45, 2.75) is 31.4 Å². The van der Waals surface area contributed by atoms with Gasteiger partial charge in [0.15, 0.2) is 4.96 Å². The van der Waals surface area contributed by atoms with Crippen molar-refractivity contribution in [1.82, 2.24) is 14.3 Å². The number of amides is 1. The Hall–Kier alpha value is -1.34. The van der Waals surface area contributed by atoms with Crippen molar-refractivity contribution < 1.29 is 4.79 Å². The highest BCUT2D eigenvalue weighted by Gasteiger charge is 2.15. The minimum absolute atomic E-state index is 0.0549. The Labute approximate surface area is 137 Å². The number of hydrogen-bond donors (Lipinski definition) is 0. The van der Waals surface area contributed by atoms with Gasteiger partial charge in [-0.05, 0) is 12.8 Å². The molecule has 3 rings (SSSR count). The van der Waals surface area contributed by atoms with E-state index in [-0.39, 0.29) is 11.5 Å². The molecule has 22 heavy (non-hydrogen) atoms. The van der Waals surface area contributed by atoms with Gasteiger partial charge in [0.1, 0.15) is 0 Å². The largest absolute Gasteiger partial charge is 0.342 e. The fraction of sp³-hybridized carbons (Fsp3) is 0.533. The fourth-order valence-corrected chi connectivity index (χ4v) is 4.17. The molecule has 1 fully saturated rings. The molecular formula is C15H19N3O2S2. The molecule has 0 bridgehead atoms. The summed E-state index contributed by atoms with van der Waals surface area (Å²) in [5.41, 5.74) is 0.696. The van der Waals surface area contributed by atoms with Gasteiger partial charge < -0.3 is 4.90 Å². The molecule has 0 saturated carbocycles. The Morgan fingerprint density at radius 1 is 1.27 bits per heavy atom. The number of likely N-dealkylation sites (tertiary alicyclic amines) is 1. The molecule has 0 unspecified atom stereocenters. The molecule has 1 saturated heterocycles. The van der Waals surface area contributed by atoms with Crippen LogP contribution in [0.1, 0.15) is 31.4 Å². The van der Waals surface area contributed by atoms with Crippen LogP contribution < -0.4 is 5.56 Å². The van der Waals surface area contributed by atoms with E-state index in [0.29, 0.717) is 16.5 Å². The Morgan fingerprint density at radius 3 is 2.82 bits per heavy atom. The second-order valence-corrected chi connectivity index (χ2v) is 7.29. The van der Waals surface area contributed by atoms with Crippen LogP contribution in [0.25, 0.3) is 4.96 Å². The van der Waals surface area contributed by atoms with E-state index >= 15 is 0 Å². The maximum atomic E-state index is 12.2. The molecule has 0 aromatic carbocycles. The number of thiazole rings is 1. The zero-order valence-electron chi connectivity index (χ0n) is 12.4. The average Bonchev–Trinajstić information content (AvgIpc) is 2.81. The molecule has 0 spiro atoms. The minimum Gasteiger partial charge on any atom is -0.342 e. The van der Waals surface area contributed by atoms with E-state index in [0.717, 1.165) is 31.6 Å². The SMILES string of the molecule is O=C(CSCc1cc(=O)n2ccsc2n1)N1CCCCCC1. The molecular weight excluding hydrogens is 318 g/mol. The highest BCUT2D eigenvalue weighted by molar-refractivity contribution is 7.99. The normalized spacial score (nSPS) is 15.9. The third kappa shape index (κ3) is 3.70. The van der Waals surface area contributed by atoms with Crippen molar-refractivity contribution in [2.24, 2.45) is 0 Å². The Balaban J connectivity index is 1.55. The number of hydrogen-bond acceptors (Lipinski definition) is 5. The first kappa shape index (κ1) is 15.6. The smallest absolute Gasteiger partial charge is 0.258 e. The summed E-state index contributed by atoms with van der Waals surface area (Å²) in [6.07, 6.45) is 6.42. The van der Waals surface area contributed by atoms with Gasteiger partial charge in [0.05, 0.1) is 11.4 Å². The first-order valence-electron chi connectivity index (χ1n) is 7.55. The van der Waals surface area contributed by atoms with Crippen molar-refractivity contribution in [1.29, 1.82) is 0 Å². The number of carbonyl (C=O) groups is 1. The molecule has 7 heteroatoms. The second kappa shape index (κ2) is 7.28. The Kier molecular flexibility index (Phi) is 5.15. The second-order valence-electron chi connectivity index (χ2n) is 5.43. The Morgan fingerprint density at radius 2 is 2.05 bits per heavy atom. The number of rotatable bonds is 4. The third-order valence-electron chi connectivity index (χ3n) is 3.79. The lowest BCUT2D eigenvalue weighted by Gasteiger charge is -2.19. The van der Waals surface area contributed by atoms with Crippen LogP contribution in [-0.4, -0.2) is 39.0 Å². The summed E-state index contributed by atoms with van der Waals surface area (Å²) in [6, 6.07) is 1.56. The molecule has 2 aromatic rings. The lowest BCUT2D eigenvalue weighted by atomic mass is 10.2. The van der Waals surface area contributed by atoms with Crippen molar-refractivity contribution in [3.05, 3.63) is 33.7 Å². The van der Waals surface area contributed by atoms with Crippen molar-refractivity contribution in [3.8, 4) is 0 Å². The van der Waals surface area contributed by atoms with Crippen LogP contribution in [0.15, 0.2) is 22.4 Å². The summed E-state index contributed by atoms with van der Waals surface area (Å²) in [5.74, 6) is 1.27. The summed E-state index contributed by atoms with van der Waals surface area (Å²) in [4.78, 5) is 31.2. The van der Waals surface area contributed by atoms with Crippen molar-refractivity contribution >= 4 is 34.0 Å². The van der Waals surface area contributed by atoms with E-state index < -0.39 is 0 Å². The lowest BCUT2D eigenvalue weighted by Crippen LogP contribution is -2.33. The molecule has 0 radical (unpaired) electrons. The molecule has 3 heterocycles. The quantitative estimate of drug-likeness (QED) is 0.860. The van der Waals surface area contributed by atoms with E-state index in [1.54, 1.807) is 16.7 Å². The predicted octanol–water partition coefficient (Wildman–Crippen LogP) is 2.39. The molecule has 118 valence electrons. The van der Waals surface area contributed by atoms with Crippen LogP contribution in [0.4, 0.5) is 0 Å². The standard InChI is InChI=1S/C15H19N3O2S2/c19-13-9-12(16-15-18(13)7-8-22-15)10-21-11-14(20)17-5-3-1-2-4-6-17/h7-9H,1-6,10-11H2. The van der Waals surface area contributed by atoms with Gasteiger partial charge >= 0.3 is 0 Å². The van der Waals surface area contributed by atoms with Crippen molar-refractivity contribution in [3.63, 3.8) is 0 Å². The number of carbonyl (C=O) groups excluding carboxylic acids is 1. The number of aromatic nitrogens is 2. The minimum atomic E-state index is -0.0549. The average molecular weight is 337 g/mol. The molecule has 0 aliphatic carbocycles. The summed E-state index contributed by atoms with van der Waals surface area (Å²) >= 11 is 2.99. The van der Waals surface area contributed by atoms with Gasteiger partial charge in [-0.25, -0.2) is 4.98 Å². The molecule has 1 aliphatic heterocycles. The highest BCUT2D eigenvalue weighted by Crippen LogP contribution is 2.15. The monoisotopic (exact) mass is 337 g/mol. The first-order chi connectivity index (χ1) is 10.7. The van der Waals surface area contributed by atoms with Gasteiger partial charge in [0, 0.05) is 36.5 Å². The van der Waals surface area contributed by atoms with E-state index in [9.17, 15) is 9.59 Å². The molecule has 5 nitrogen and oxygen atoms in total. The van der Waals surface area contributed by atoms with Gasteiger partial charge in [0.2, 0.25) is 5.91 Å². The van der Waals surface area contributed by atoms with Gasteiger partial charge in [-0.1, -0.05) is 12.8 Å². The topological polar surface area (TPSA) is 54.7 Å². The van der Waals surface area contributed by atoms with Gasteiger partial charge in [0.25, 0.3) is 5.56 Å². The van der Waals surface area contributed by atoms with Gasteiger partial charge in [-0.15, -0.1) is 23.1 Å². The maximum absolute atomic E-state index is 12.2. The highest BCUT2D eigenvalue weighted by atomic mass is 32.2. The van der Waals surface area contributed by atoms with Crippen LogP contribution in [0, 0.1) is 0 Å². The zero-order chi connectivity index (χ0) is 15.4.